The largest absolute Gasteiger partial charge is 0.506 e. The molecule has 1 heterocycles. The summed E-state index contributed by atoms with van der Waals surface area (Å²) in [5, 5.41) is 23.1. The van der Waals surface area contributed by atoms with Crippen LogP contribution in [0.4, 0.5) is 0 Å². The second kappa shape index (κ2) is 9.10. The van der Waals surface area contributed by atoms with Gasteiger partial charge in [0, 0.05) is 42.3 Å². The average molecular weight is 423 g/mol. The van der Waals surface area contributed by atoms with Crippen molar-refractivity contribution in [3.8, 4) is 11.8 Å². The molecule has 0 aromatic heterocycles. The molecule has 1 atom stereocenters. The Morgan fingerprint density at radius 1 is 1.26 bits per heavy atom. The van der Waals surface area contributed by atoms with Crippen molar-refractivity contribution in [1.82, 2.24) is 10.2 Å². The highest BCUT2D eigenvalue weighted by atomic mass is 79.9. The Labute approximate surface area is 158 Å². The van der Waals surface area contributed by atoms with E-state index in [0.717, 1.165) is 36.2 Å². The van der Waals surface area contributed by atoms with Gasteiger partial charge in [-0.3, -0.25) is 4.90 Å². The first-order valence-electron chi connectivity index (χ1n) is 7.58. The van der Waals surface area contributed by atoms with Crippen LogP contribution in [-0.4, -0.2) is 36.2 Å². The maximum Gasteiger partial charge on any atom is 0.139 e. The lowest BCUT2D eigenvalue weighted by atomic mass is 9.75. The number of nitrogens with one attached hydrogen (secondary N) is 1. The van der Waals surface area contributed by atoms with Gasteiger partial charge in [-0.1, -0.05) is 22.4 Å². The van der Waals surface area contributed by atoms with Gasteiger partial charge in [-0.05, 0) is 30.9 Å². The molecule has 3 rings (SSSR count). The Balaban J connectivity index is 0.00000132. The molecule has 7 heteroatoms. The van der Waals surface area contributed by atoms with Crippen LogP contribution in [0, 0.1) is 17.2 Å². The maximum atomic E-state index is 10.5. The Kier molecular flexibility index (Phi) is 8.12. The quantitative estimate of drug-likeness (QED) is 0.780. The van der Waals surface area contributed by atoms with Crippen LogP contribution in [-0.2, 0) is 0 Å². The third-order valence-corrected chi connectivity index (χ3v) is 5.41. The number of benzene rings is 1. The normalized spacial score (nSPS) is 19.7. The molecular weight excluding hydrogens is 401 g/mol. The zero-order chi connectivity index (χ0) is 14.8. The Morgan fingerprint density at radius 3 is 2.43 bits per heavy atom. The number of aromatic hydroxyl groups is 1. The number of nitrogens with zero attached hydrogens (tertiary/aromatic N) is 2. The molecule has 0 spiro atoms. The van der Waals surface area contributed by atoms with Gasteiger partial charge in [0.25, 0.3) is 0 Å². The molecule has 1 aliphatic carbocycles. The first kappa shape index (κ1) is 20.5. The molecule has 4 nitrogen and oxygen atoms in total. The number of phenols is 1. The lowest BCUT2D eigenvalue weighted by Gasteiger charge is -2.43. The third kappa shape index (κ3) is 4.12. The highest BCUT2D eigenvalue weighted by molar-refractivity contribution is 9.10. The minimum Gasteiger partial charge on any atom is -0.506 e. The van der Waals surface area contributed by atoms with E-state index in [1.54, 1.807) is 6.07 Å². The van der Waals surface area contributed by atoms with Gasteiger partial charge in [0.05, 0.1) is 5.56 Å². The SMILES string of the molecule is Cl.Cl.N#Cc1ccc(Br)c([C@@H](C2CCC2)N2CCNCC2)c1O. The van der Waals surface area contributed by atoms with E-state index >= 15 is 0 Å². The van der Waals surface area contributed by atoms with E-state index in [1.165, 1.54) is 19.3 Å². The summed E-state index contributed by atoms with van der Waals surface area (Å²) < 4.78 is 0.912. The van der Waals surface area contributed by atoms with E-state index in [-0.39, 0.29) is 36.6 Å². The summed E-state index contributed by atoms with van der Waals surface area (Å²) in [7, 11) is 0. The lowest BCUT2D eigenvalue weighted by molar-refractivity contribution is 0.0814. The fourth-order valence-corrected chi connectivity index (χ4v) is 3.94. The smallest absolute Gasteiger partial charge is 0.139 e. The molecule has 0 unspecified atom stereocenters. The zero-order valence-electron chi connectivity index (χ0n) is 12.8. The van der Waals surface area contributed by atoms with Crippen molar-refractivity contribution in [2.45, 2.75) is 25.3 Å². The number of piperazine rings is 1. The van der Waals surface area contributed by atoms with E-state index in [2.05, 4.69) is 32.2 Å². The van der Waals surface area contributed by atoms with Crippen molar-refractivity contribution >= 4 is 40.7 Å². The molecule has 1 aromatic rings. The van der Waals surface area contributed by atoms with Gasteiger partial charge in [0.2, 0.25) is 0 Å². The van der Waals surface area contributed by atoms with E-state index in [1.807, 2.05) is 6.07 Å². The van der Waals surface area contributed by atoms with Crippen LogP contribution in [0.15, 0.2) is 16.6 Å². The van der Waals surface area contributed by atoms with Gasteiger partial charge in [-0.15, -0.1) is 24.8 Å². The zero-order valence-corrected chi connectivity index (χ0v) is 16.0. The summed E-state index contributed by atoms with van der Waals surface area (Å²) in [5.74, 6) is 0.738. The van der Waals surface area contributed by atoms with Crippen molar-refractivity contribution < 1.29 is 5.11 Å². The number of hydrogen-bond acceptors (Lipinski definition) is 4. The van der Waals surface area contributed by atoms with Crippen LogP contribution in [0.3, 0.4) is 0 Å². The summed E-state index contributed by atoms with van der Waals surface area (Å²) in [6.07, 6.45) is 3.68. The molecule has 23 heavy (non-hydrogen) atoms. The van der Waals surface area contributed by atoms with Gasteiger partial charge >= 0.3 is 0 Å². The van der Waals surface area contributed by atoms with Gasteiger partial charge in [0.1, 0.15) is 11.8 Å². The highest BCUT2D eigenvalue weighted by Gasteiger charge is 2.36. The van der Waals surface area contributed by atoms with E-state index in [4.69, 9.17) is 0 Å². The van der Waals surface area contributed by atoms with E-state index in [9.17, 15) is 10.4 Å². The van der Waals surface area contributed by atoms with Crippen molar-refractivity contribution in [3.63, 3.8) is 0 Å². The lowest BCUT2D eigenvalue weighted by Crippen LogP contribution is -2.48. The summed E-state index contributed by atoms with van der Waals surface area (Å²) in [5.41, 5.74) is 1.27. The molecule has 2 N–H and O–H groups in total. The summed E-state index contributed by atoms with van der Waals surface area (Å²) >= 11 is 3.59. The average Bonchev–Trinajstić information content (AvgIpc) is 2.45. The van der Waals surface area contributed by atoms with Crippen LogP contribution in [0.1, 0.15) is 36.4 Å². The van der Waals surface area contributed by atoms with Gasteiger partial charge < -0.3 is 10.4 Å². The highest BCUT2D eigenvalue weighted by Crippen LogP contribution is 2.47. The minimum absolute atomic E-state index is 0. The minimum atomic E-state index is 0. The molecule has 1 saturated heterocycles. The summed E-state index contributed by atoms with van der Waals surface area (Å²) in [6.45, 7) is 3.95. The van der Waals surface area contributed by atoms with Crippen LogP contribution in [0.25, 0.3) is 0 Å². The summed E-state index contributed by atoms with van der Waals surface area (Å²) in [6, 6.07) is 5.87. The molecule has 0 amide bonds. The number of hydrogen-bond donors (Lipinski definition) is 2. The predicted octanol–water partition coefficient (Wildman–Crippen LogP) is 3.62. The number of halogens is 3. The molecule has 1 aliphatic heterocycles. The standard InChI is InChI=1S/C16H20BrN3O.2ClH/c17-13-5-4-12(10-18)16(21)14(13)15(11-2-1-3-11)20-8-6-19-7-9-20;;/h4-5,11,15,19,21H,1-3,6-9H2;2*1H/t15-;;/m1../s1. The molecule has 0 bridgehead atoms. The number of nitriles is 1. The second-order valence-corrected chi connectivity index (χ2v) is 6.75. The van der Waals surface area contributed by atoms with Gasteiger partial charge in [0.15, 0.2) is 0 Å². The van der Waals surface area contributed by atoms with Crippen molar-refractivity contribution in [2.24, 2.45) is 5.92 Å². The summed E-state index contributed by atoms with van der Waals surface area (Å²) in [4.78, 5) is 2.46. The van der Waals surface area contributed by atoms with Crippen molar-refractivity contribution in [2.75, 3.05) is 26.2 Å². The first-order chi connectivity index (χ1) is 10.2. The van der Waals surface area contributed by atoms with Crippen molar-refractivity contribution in [1.29, 1.82) is 5.26 Å². The second-order valence-electron chi connectivity index (χ2n) is 5.89. The Morgan fingerprint density at radius 2 is 1.91 bits per heavy atom. The number of rotatable bonds is 3. The molecule has 0 radical (unpaired) electrons. The van der Waals surface area contributed by atoms with Gasteiger partial charge in [-0.25, -0.2) is 0 Å². The van der Waals surface area contributed by atoms with Crippen molar-refractivity contribution in [3.05, 3.63) is 27.7 Å². The van der Waals surface area contributed by atoms with E-state index in [0.29, 0.717) is 11.5 Å². The maximum absolute atomic E-state index is 10.5. The van der Waals surface area contributed by atoms with Crippen LogP contribution in [0.2, 0.25) is 0 Å². The molecule has 1 saturated carbocycles. The Hall–Kier alpha value is -0.510. The molecule has 128 valence electrons. The molecule has 2 fully saturated rings. The van der Waals surface area contributed by atoms with Crippen LogP contribution < -0.4 is 5.32 Å². The molecular formula is C16H22BrCl2N3O. The third-order valence-electron chi connectivity index (χ3n) is 4.72. The topological polar surface area (TPSA) is 59.3 Å². The molecule has 1 aromatic carbocycles. The fraction of sp³-hybridized carbons (Fsp3) is 0.562. The fourth-order valence-electron chi connectivity index (χ4n) is 3.39. The first-order valence-corrected chi connectivity index (χ1v) is 8.38. The van der Waals surface area contributed by atoms with Crippen LogP contribution in [0.5, 0.6) is 5.75 Å². The monoisotopic (exact) mass is 421 g/mol. The number of phenolic OH excluding ortho intramolecular Hbond substituents is 1. The molecule has 2 aliphatic rings. The van der Waals surface area contributed by atoms with Crippen LogP contribution >= 0.6 is 40.7 Å². The Bertz CT molecular complexity index is 569. The van der Waals surface area contributed by atoms with Gasteiger partial charge in [-0.2, -0.15) is 5.26 Å². The predicted molar refractivity (Wildman–Crippen MR) is 99.5 cm³/mol. The van der Waals surface area contributed by atoms with E-state index < -0.39 is 0 Å².